The number of carbonyl (C=O) groups is 1. The lowest BCUT2D eigenvalue weighted by atomic mass is 9.96. The molecule has 1 aliphatic rings. The third-order valence-electron chi connectivity index (χ3n) is 4.58. The summed E-state index contributed by atoms with van der Waals surface area (Å²) in [6.45, 7) is 2.61. The molecule has 1 amide bonds. The second-order valence-electron chi connectivity index (χ2n) is 7.00. The summed E-state index contributed by atoms with van der Waals surface area (Å²) in [6, 6.07) is 17.0. The van der Waals surface area contributed by atoms with Gasteiger partial charge in [0.2, 0.25) is 15.9 Å². The number of nitrogens with one attached hydrogen (secondary N) is 2. The lowest BCUT2D eigenvalue weighted by Gasteiger charge is -2.32. The Morgan fingerprint density at radius 1 is 1.07 bits per heavy atom. The van der Waals surface area contributed by atoms with E-state index in [1.54, 1.807) is 24.3 Å². The molecule has 0 aromatic heterocycles. The number of benzene rings is 2. The Labute approximate surface area is 160 Å². The van der Waals surface area contributed by atoms with Gasteiger partial charge in [-0.25, -0.2) is 8.42 Å². The Hall–Kier alpha value is -2.38. The van der Waals surface area contributed by atoms with Gasteiger partial charge in [-0.3, -0.25) is 14.4 Å². The summed E-state index contributed by atoms with van der Waals surface area (Å²) in [5.74, 6) is -0.0344. The summed E-state index contributed by atoms with van der Waals surface area (Å²) < 4.78 is 24.9. The van der Waals surface area contributed by atoms with Crippen molar-refractivity contribution >= 4 is 27.3 Å². The van der Waals surface area contributed by atoms with Crippen LogP contribution in [-0.4, -0.2) is 38.6 Å². The van der Waals surface area contributed by atoms with E-state index in [0.29, 0.717) is 11.4 Å². The molecular formula is C20H25N3O3S. The minimum Gasteiger partial charge on any atom is -0.326 e. The second-order valence-corrected chi connectivity index (χ2v) is 8.75. The molecule has 2 N–H and O–H groups in total. The Kier molecular flexibility index (Phi) is 6.13. The number of hydrogen-bond acceptors (Lipinski definition) is 4. The maximum absolute atomic E-state index is 12.6. The highest BCUT2D eigenvalue weighted by molar-refractivity contribution is 7.92. The molecular weight excluding hydrogens is 362 g/mol. The molecule has 1 atom stereocenters. The zero-order chi connectivity index (χ0) is 19.3. The molecule has 0 spiro atoms. The smallest absolute Gasteiger partial charge is 0.229 e. The van der Waals surface area contributed by atoms with Crippen molar-refractivity contribution in [3.05, 3.63) is 60.2 Å². The number of amides is 1. The van der Waals surface area contributed by atoms with E-state index in [1.165, 1.54) is 5.56 Å². The predicted molar refractivity (Wildman–Crippen MR) is 108 cm³/mol. The van der Waals surface area contributed by atoms with Gasteiger partial charge in [-0.1, -0.05) is 30.3 Å². The fourth-order valence-electron chi connectivity index (χ4n) is 3.33. The van der Waals surface area contributed by atoms with Crippen molar-refractivity contribution in [2.24, 2.45) is 5.92 Å². The van der Waals surface area contributed by atoms with Gasteiger partial charge in [-0.05, 0) is 49.2 Å². The Bertz CT molecular complexity index is 867. The fraction of sp³-hybridized carbons (Fsp3) is 0.350. The SMILES string of the molecule is CS(=O)(=O)Nc1ccc(NC(=O)C2CCCN(Cc3ccccc3)C2)cc1. The van der Waals surface area contributed by atoms with Gasteiger partial charge in [0, 0.05) is 24.5 Å². The molecule has 1 fully saturated rings. The number of anilines is 2. The van der Waals surface area contributed by atoms with Crippen LogP contribution in [0.3, 0.4) is 0 Å². The molecule has 0 saturated carbocycles. The van der Waals surface area contributed by atoms with Crippen LogP contribution in [-0.2, 0) is 21.4 Å². The van der Waals surface area contributed by atoms with Crippen LogP contribution >= 0.6 is 0 Å². The van der Waals surface area contributed by atoms with Crippen LogP contribution in [0.5, 0.6) is 0 Å². The van der Waals surface area contributed by atoms with Crippen LogP contribution in [0.4, 0.5) is 11.4 Å². The number of likely N-dealkylation sites (tertiary alicyclic amines) is 1. The minimum absolute atomic E-state index is 0.0107. The zero-order valence-corrected chi connectivity index (χ0v) is 16.2. The van der Waals surface area contributed by atoms with E-state index in [1.807, 2.05) is 18.2 Å². The van der Waals surface area contributed by atoms with Crippen molar-refractivity contribution in [3.8, 4) is 0 Å². The summed E-state index contributed by atoms with van der Waals surface area (Å²) >= 11 is 0. The van der Waals surface area contributed by atoms with Gasteiger partial charge in [0.1, 0.15) is 0 Å². The van der Waals surface area contributed by atoms with Crippen molar-refractivity contribution in [1.29, 1.82) is 0 Å². The first-order valence-electron chi connectivity index (χ1n) is 9.04. The van der Waals surface area contributed by atoms with E-state index < -0.39 is 10.0 Å². The van der Waals surface area contributed by atoms with Gasteiger partial charge in [0.05, 0.1) is 12.2 Å². The molecule has 2 aromatic carbocycles. The summed E-state index contributed by atoms with van der Waals surface area (Å²) in [6.07, 6.45) is 2.99. The number of hydrogen-bond donors (Lipinski definition) is 2. The quantitative estimate of drug-likeness (QED) is 0.799. The number of piperidine rings is 1. The lowest BCUT2D eigenvalue weighted by molar-refractivity contribution is -0.121. The Morgan fingerprint density at radius 3 is 2.41 bits per heavy atom. The predicted octanol–water partition coefficient (Wildman–Crippen LogP) is 2.91. The van der Waals surface area contributed by atoms with Gasteiger partial charge >= 0.3 is 0 Å². The second kappa shape index (κ2) is 8.54. The topological polar surface area (TPSA) is 78.5 Å². The van der Waals surface area contributed by atoms with Gasteiger partial charge in [0.15, 0.2) is 0 Å². The van der Waals surface area contributed by atoms with Crippen molar-refractivity contribution in [1.82, 2.24) is 4.90 Å². The van der Waals surface area contributed by atoms with E-state index in [4.69, 9.17) is 0 Å². The molecule has 0 bridgehead atoms. The molecule has 0 radical (unpaired) electrons. The molecule has 3 rings (SSSR count). The highest BCUT2D eigenvalue weighted by Crippen LogP contribution is 2.21. The number of sulfonamides is 1. The van der Waals surface area contributed by atoms with E-state index in [2.05, 4.69) is 27.1 Å². The lowest BCUT2D eigenvalue weighted by Crippen LogP contribution is -2.40. The first kappa shape index (κ1) is 19.4. The van der Waals surface area contributed by atoms with Crippen LogP contribution in [0.2, 0.25) is 0 Å². The monoisotopic (exact) mass is 387 g/mol. The maximum atomic E-state index is 12.6. The molecule has 1 aliphatic heterocycles. The zero-order valence-electron chi connectivity index (χ0n) is 15.4. The van der Waals surface area contributed by atoms with Crippen molar-refractivity contribution in [2.45, 2.75) is 19.4 Å². The van der Waals surface area contributed by atoms with Gasteiger partial charge in [-0.2, -0.15) is 0 Å². The largest absolute Gasteiger partial charge is 0.326 e. The van der Waals surface area contributed by atoms with Gasteiger partial charge in [0.25, 0.3) is 0 Å². The van der Waals surface area contributed by atoms with Crippen molar-refractivity contribution in [3.63, 3.8) is 0 Å². The van der Waals surface area contributed by atoms with Crippen molar-refractivity contribution < 1.29 is 13.2 Å². The highest BCUT2D eigenvalue weighted by Gasteiger charge is 2.25. The number of rotatable bonds is 6. The number of nitrogens with zero attached hydrogens (tertiary/aromatic N) is 1. The van der Waals surface area contributed by atoms with Crippen LogP contribution in [0.1, 0.15) is 18.4 Å². The summed E-state index contributed by atoms with van der Waals surface area (Å²) in [5, 5.41) is 2.94. The molecule has 2 aromatic rings. The molecule has 27 heavy (non-hydrogen) atoms. The van der Waals surface area contributed by atoms with E-state index >= 15 is 0 Å². The molecule has 1 unspecified atom stereocenters. The van der Waals surface area contributed by atoms with Crippen LogP contribution in [0.25, 0.3) is 0 Å². The first-order chi connectivity index (χ1) is 12.9. The third kappa shape index (κ3) is 6.08. The fourth-order valence-corrected chi connectivity index (χ4v) is 3.90. The van der Waals surface area contributed by atoms with Crippen LogP contribution in [0.15, 0.2) is 54.6 Å². The third-order valence-corrected chi connectivity index (χ3v) is 5.19. The highest BCUT2D eigenvalue weighted by atomic mass is 32.2. The molecule has 144 valence electrons. The van der Waals surface area contributed by atoms with Gasteiger partial charge < -0.3 is 5.32 Å². The first-order valence-corrected chi connectivity index (χ1v) is 10.9. The average molecular weight is 388 g/mol. The summed E-state index contributed by atoms with van der Waals surface area (Å²) in [4.78, 5) is 15.0. The Morgan fingerprint density at radius 2 is 1.74 bits per heavy atom. The van der Waals surface area contributed by atoms with Crippen LogP contribution in [0, 0.1) is 5.92 Å². The minimum atomic E-state index is -3.31. The van der Waals surface area contributed by atoms with E-state index in [0.717, 1.165) is 38.7 Å². The van der Waals surface area contributed by atoms with Gasteiger partial charge in [-0.15, -0.1) is 0 Å². The van der Waals surface area contributed by atoms with Crippen molar-refractivity contribution in [2.75, 3.05) is 29.4 Å². The molecule has 1 saturated heterocycles. The van der Waals surface area contributed by atoms with E-state index in [9.17, 15) is 13.2 Å². The Balaban J connectivity index is 1.55. The molecule has 0 aliphatic carbocycles. The summed E-state index contributed by atoms with van der Waals surface area (Å²) in [5.41, 5.74) is 2.40. The molecule has 6 nitrogen and oxygen atoms in total. The van der Waals surface area contributed by atoms with E-state index in [-0.39, 0.29) is 11.8 Å². The van der Waals surface area contributed by atoms with Crippen LogP contribution < -0.4 is 10.0 Å². The molecule has 7 heteroatoms. The standard InChI is InChI=1S/C20H25N3O3S/c1-27(25,26)22-19-11-9-18(10-12-19)21-20(24)17-8-5-13-23(15-17)14-16-6-3-2-4-7-16/h2-4,6-7,9-12,17,22H,5,8,13-15H2,1H3,(H,21,24). The maximum Gasteiger partial charge on any atom is 0.229 e. The normalized spacial score (nSPS) is 18.0. The number of carbonyl (C=O) groups excluding carboxylic acids is 1. The average Bonchev–Trinajstić information content (AvgIpc) is 2.63. The molecule has 1 heterocycles. The summed E-state index contributed by atoms with van der Waals surface area (Å²) in [7, 11) is -3.31.